The molecule has 0 aliphatic carbocycles. The quantitative estimate of drug-likeness (QED) is 0.263. The molecule has 3 aromatic carbocycles. The van der Waals surface area contributed by atoms with Crippen molar-refractivity contribution in [2.75, 3.05) is 0 Å². The fraction of sp³-hybridized carbons (Fsp3) is 0.500. The van der Waals surface area contributed by atoms with Gasteiger partial charge in [-0.25, -0.2) is 0 Å². The van der Waals surface area contributed by atoms with Crippen LogP contribution in [-0.2, 0) is 24.0 Å². The maximum Gasteiger partial charge on any atom is 0.250 e. The van der Waals surface area contributed by atoms with Crippen LogP contribution >= 0.6 is 0 Å². The molecule has 0 amide bonds. The maximum absolute atomic E-state index is 6.66. The summed E-state index contributed by atoms with van der Waals surface area (Å²) in [5.41, 5.74) is 3.87. The molecule has 2 aliphatic heterocycles. The molecule has 2 atom stereocenters. The molecule has 0 saturated carbocycles. The molecule has 4 nitrogen and oxygen atoms in total. The monoisotopic (exact) mass is 602 g/mol. The van der Waals surface area contributed by atoms with Crippen LogP contribution in [0.3, 0.4) is 0 Å². The maximum atomic E-state index is 6.66. The second-order valence-corrected chi connectivity index (χ2v) is 25.3. The van der Waals surface area contributed by atoms with Crippen LogP contribution in [0.1, 0.15) is 77.6 Å². The first kappa shape index (κ1) is 30.7. The van der Waals surface area contributed by atoms with Gasteiger partial charge in [0.2, 0.25) is 16.6 Å². The van der Waals surface area contributed by atoms with Crippen molar-refractivity contribution >= 4 is 16.6 Å². The molecule has 0 saturated heterocycles. The van der Waals surface area contributed by atoms with Crippen molar-refractivity contribution in [3.8, 4) is 23.0 Å². The van der Waals surface area contributed by atoms with Crippen LogP contribution in [0.2, 0.25) is 36.3 Å². The zero-order valence-electron chi connectivity index (χ0n) is 27.8. The van der Waals surface area contributed by atoms with Gasteiger partial charge in [0.1, 0.15) is 34.2 Å². The third-order valence-electron chi connectivity index (χ3n) is 10.3. The molecule has 2 aliphatic rings. The van der Waals surface area contributed by atoms with Crippen LogP contribution in [0, 0.1) is 0 Å². The Morgan fingerprint density at radius 3 is 1.17 bits per heavy atom. The molecule has 0 aromatic heterocycles. The molecule has 0 N–H and O–H groups in total. The summed E-state index contributed by atoms with van der Waals surface area (Å²) in [7, 11) is -3.76. The van der Waals surface area contributed by atoms with Crippen molar-refractivity contribution < 1.29 is 18.3 Å². The van der Waals surface area contributed by atoms with Crippen molar-refractivity contribution in [2.45, 2.75) is 116 Å². The van der Waals surface area contributed by atoms with Crippen molar-refractivity contribution in [1.29, 1.82) is 0 Å². The Morgan fingerprint density at radius 1 is 0.571 bits per heavy atom. The van der Waals surface area contributed by atoms with Gasteiger partial charge in [-0.3, -0.25) is 0 Å². The number of ether oxygens (including phenoxy) is 2. The summed E-state index contributed by atoms with van der Waals surface area (Å²) in [6, 6.07) is 21.4. The van der Waals surface area contributed by atoms with E-state index in [1.165, 1.54) is 11.1 Å². The van der Waals surface area contributed by atoms with E-state index in [0.29, 0.717) is 0 Å². The number of hydrogen-bond acceptors (Lipinski definition) is 4. The minimum atomic E-state index is -1.88. The highest BCUT2D eigenvalue weighted by atomic mass is 28.4. The van der Waals surface area contributed by atoms with E-state index >= 15 is 0 Å². The van der Waals surface area contributed by atoms with Crippen LogP contribution < -0.4 is 18.3 Å². The van der Waals surface area contributed by atoms with Crippen molar-refractivity contribution in [3.05, 3.63) is 82.9 Å². The third kappa shape index (κ3) is 5.64. The molecule has 226 valence electrons. The van der Waals surface area contributed by atoms with E-state index in [2.05, 4.69) is 142 Å². The molecule has 2 heterocycles. The van der Waals surface area contributed by atoms with E-state index in [1.807, 2.05) is 0 Å². The molecule has 3 aromatic rings. The number of benzene rings is 3. The van der Waals surface area contributed by atoms with Crippen molar-refractivity contribution in [3.63, 3.8) is 0 Å². The van der Waals surface area contributed by atoms with Gasteiger partial charge in [-0.2, -0.15) is 0 Å². The lowest BCUT2D eigenvalue weighted by Gasteiger charge is -2.36. The fourth-order valence-corrected chi connectivity index (χ4v) is 7.43. The fourth-order valence-electron chi connectivity index (χ4n) is 5.36. The summed E-state index contributed by atoms with van der Waals surface area (Å²) in [6.45, 7) is 27.1. The Bertz CT molecular complexity index is 1310. The smallest absolute Gasteiger partial charge is 0.250 e. The number of fused-ring (bicyclic) bond motifs is 2. The highest BCUT2D eigenvalue weighted by Crippen LogP contribution is 2.49. The first-order valence-electron chi connectivity index (χ1n) is 15.3. The Kier molecular flexibility index (Phi) is 7.26. The predicted octanol–water partition coefficient (Wildman–Crippen LogP) is 10.2. The SMILES string of the molecule is CC1(c2ccc(O[Si](C)(C)C(C)(C)C)cc2)Cc2cc3c(cc2O1)CC(C)(c1ccc(O[Si](C)(C)C(C)(C)C)cc1)O3. The Morgan fingerprint density at radius 2 is 0.881 bits per heavy atom. The standard InChI is InChI=1S/C36H50O4Si2/c1-33(2,3)41(9,10)39-29-17-13-27(14-18-29)35(7)23-25-21-32-26(22-31(25)37-35)24-36(8,38-32)28-15-19-30(20-16-28)40-42(11,12)34(4,5)6/h13-22H,23-24H2,1-12H3. The Labute approximate surface area is 256 Å². The van der Waals surface area contributed by atoms with Gasteiger partial charge in [-0.05, 0) is 97.6 Å². The van der Waals surface area contributed by atoms with Gasteiger partial charge in [0.25, 0.3) is 0 Å². The Balaban J connectivity index is 1.29. The van der Waals surface area contributed by atoms with Gasteiger partial charge in [0, 0.05) is 24.0 Å². The second-order valence-electron chi connectivity index (χ2n) is 15.9. The van der Waals surface area contributed by atoms with Gasteiger partial charge in [-0.15, -0.1) is 0 Å². The lowest BCUT2D eigenvalue weighted by molar-refractivity contribution is 0.114. The summed E-state index contributed by atoms with van der Waals surface area (Å²) >= 11 is 0. The first-order valence-corrected chi connectivity index (χ1v) is 21.2. The lowest BCUT2D eigenvalue weighted by atomic mass is 9.89. The van der Waals surface area contributed by atoms with E-state index in [4.69, 9.17) is 18.3 Å². The van der Waals surface area contributed by atoms with E-state index in [0.717, 1.165) is 47.0 Å². The summed E-state index contributed by atoms with van der Waals surface area (Å²) in [6.07, 6.45) is 1.61. The van der Waals surface area contributed by atoms with Crippen LogP contribution in [-0.4, -0.2) is 16.6 Å². The van der Waals surface area contributed by atoms with Crippen LogP contribution in [0.5, 0.6) is 23.0 Å². The van der Waals surface area contributed by atoms with Gasteiger partial charge in [0.05, 0.1) is 0 Å². The number of hydrogen-bond donors (Lipinski definition) is 0. The molecule has 2 unspecified atom stereocenters. The minimum absolute atomic E-state index is 0.162. The molecule has 0 fully saturated rings. The topological polar surface area (TPSA) is 36.9 Å². The van der Waals surface area contributed by atoms with Gasteiger partial charge in [-0.1, -0.05) is 65.8 Å². The van der Waals surface area contributed by atoms with Crippen molar-refractivity contribution in [1.82, 2.24) is 0 Å². The molecule has 6 heteroatoms. The van der Waals surface area contributed by atoms with Crippen LogP contribution in [0.4, 0.5) is 0 Å². The summed E-state index contributed by atoms with van der Waals surface area (Å²) in [5.74, 6) is 3.80. The lowest BCUT2D eigenvalue weighted by Crippen LogP contribution is -2.43. The molecular weight excluding hydrogens is 553 g/mol. The average molecular weight is 603 g/mol. The highest BCUT2D eigenvalue weighted by Gasteiger charge is 2.43. The highest BCUT2D eigenvalue weighted by molar-refractivity contribution is 6.75. The van der Waals surface area contributed by atoms with E-state index in [9.17, 15) is 0 Å². The molecule has 0 radical (unpaired) electrons. The van der Waals surface area contributed by atoms with Gasteiger partial charge in [0.15, 0.2) is 0 Å². The van der Waals surface area contributed by atoms with E-state index in [-0.39, 0.29) is 10.1 Å². The number of rotatable bonds is 6. The molecular formula is C36H50O4Si2. The van der Waals surface area contributed by atoms with Crippen molar-refractivity contribution in [2.24, 2.45) is 0 Å². The second kappa shape index (κ2) is 9.91. The Hall–Kier alpha value is -2.71. The van der Waals surface area contributed by atoms with E-state index < -0.39 is 27.8 Å². The van der Waals surface area contributed by atoms with Gasteiger partial charge < -0.3 is 18.3 Å². The minimum Gasteiger partial charge on any atom is -0.544 e. The summed E-state index contributed by atoms with van der Waals surface area (Å²) in [5, 5.41) is 0.323. The largest absolute Gasteiger partial charge is 0.544 e. The predicted molar refractivity (Wildman–Crippen MR) is 178 cm³/mol. The van der Waals surface area contributed by atoms with Crippen LogP contribution in [0.15, 0.2) is 60.7 Å². The zero-order chi connectivity index (χ0) is 30.9. The molecule has 42 heavy (non-hydrogen) atoms. The zero-order valence-corrected chi connectivity index (χ0v) is 29.8. The molecule has 0 spiro atoms. The first-order chi connectivity index (χ1) is 19.2. The molecule has 0 bridgehead atoms. The average Bonchev–Trinajstić information content (AvgIpc) is 3.36. The van der Waals surface area contributed by atoms with Gasteiger partial charge >= 0.3 is 0 Å². The third-order valence-corrected chi connectivity index (χ3v) is 19.0. The van der Waals surface area contributed by atoms with Crippen LogP contribution in [0.25, 0.3) is 0 Å². The van der Waals surface area contributed by atoms with E-state index in [1.54, 1.807) is 0 Å². The summed E-state index contributed by atoms with van der Waals surface area (Å²) in [4.78, 5) is 0. The molecule has 5 rings (SSSR count). The summed E-state index contributed by atoms with van der Waals surface area (Å²) < 4.78 is 26.3. The normalized spacial score (nSPS) is 22.2.